The molecule has 0 unspecified atom stereocenters. The Hall–Kier alpha value is -8.48. The molecule has 0 bridgehead atoms. The predicted octanol–water partition coefficient (Wildman–Crippen LogP) is 9.97. The zero-order valence-corrected chi connectivity index (χ0v) is 28.3. The summed E-state index contributed by atoms with van der Waals surface area (Å²) in [5, 5.41) is 53.7. The molecule has 0 atom stereocenters. The van der Waals surface area contributed by atoms with Gasteiger partial charge in [-0.3, -0.25) is 4.98 Å². The number of fused-ring (bicyclic) bond motifs is 6. The topological polar surface area (TPSA) is 142 Å². The summed E-state index contributed by atoms with van der Waals surface area (Å²) in [6.07, 6.45) is 1.76. The number of rotatable bonds is 4. The predicted molar refractivity (Wildman–Crippen MR) is 207 cm³/mol. The molecule has 8 heteroatoms. The maximum absolute atomic E-state index is 11.2. The lowest BCUT2D eigenvalue weighted by Gasteiger charge is -2.19. The lowest BCUT2D eigenvalue weighted by molar-refractivity contribution is 1.12. The summed E-state index contributed by atoms with van der Waals surface area (Å²) in [7, 11) is 0. The van der Waals surface area contributed by atoms with Crippen LogP contribution in [0, 0.1) is 56.7 Å². The molecule has 0 amide bonds. The van der Waals surface area contributed by atoms with Crippen molar-refractivity contribution in [3.8, 4) is 64.1 Å². The van der Waals surface area contributed by atoms with Crippen LogP contribution in [0.2, 0.25) is 0 Å². The molecular weight excluding hydrogens is 665 g/mol. The van der Waals surface area contributed by atoms with E-state index in [4.69, 9.17) is 4.98 Å². The van der Waals surface area contributed by atoms with Gasteiger partial charge in [0, 0.05) is 38.9 Å². The summed E-state index contributed by atoms with van der Waals surface area (Å²) in [4.78, 5) is 4.83. The van der Waals surface area contributed by atoms with Crippen molar-refractivity contribution >= 4 is 43.6 Å². The largest absolute Gasteiger partial charge is 0.308 e. The highest BCUT2D eigenvalue weighted by Gasteiger charge is 2.24. The highest BCUT2D eigenvalue weighted by Crippen LogP contribution is 2.42. The first-order valence-electron chi connectivity index (χ1n) is 16.9. The van der Waals surface area contributed by atoms with Crippen LogP contribution in [0.5, 0.6) is 0 Å². The molecule has 0 fully saturated rings. The fourth-order valence-electron chi connectivity index (χ4n) is 7.54. The van der Waals surface area contributed by atoms with Crippen molar-refractivity contribution in [2.45, 2.75) is 0 Å². The molecular formula is C46H22N8. The highest BCUT2D eigenvalue weighted by atomic mass is 15.0. The van der Waals surface area contributed by atoms with E-state index in [1.807, 2.05) is 112 Å². The van der Waals surface area contributed by atoms with Gasteiger partial charge in [-0.1, -0.05) is 36.4 Å². The van der Waals surface area contributed by atoms with Gasteiger partial charge in [0.1, 0.15) is 11.6 Å². The van der Waals surface area contributed by atoms with Crippen LogP contribution < -0.4 is 0 Å². The van der Waals surface area contributed by atoms with Crippen molar-refractivity contribution in [3.05, 3.63) is 161 Å². The van der Waals surface area contributed by atoms with E-state index in [0.29, 0.717) is 39.2 Å². The summed E-state index contributed by atoms with van der Waals surface area (Å²) < 4.78 is 4.04. The van der Waals surface area contributed by atoms with Crippen molar-refractivity contribution < 1.29 is 0 Å². The Bertz CT molecular complexity index is 2960. The van der Waals surface area contributed by atoms with Crippen molar-refractivity contribution in [1.29, 1.82) is 26.3 Å². The first kappa shape index (κ1) is 31.5. The molecule has 0 saturated carbocycles. The lowest BCUT2D eigenvalue weighted by Crippen LogP contribution is -2.05. The second kappa shape index (κ2) is 12.4. The summed E-state index contributed by atoms with van der Waals surface area (Å²) in [6, 6.07) is 51.1. The molecule has 0 aliphatic rings. The smallest absolute Gasteiger partial charge is 0.104 e. The molecule has 6 aromatic carbocycles. The molecule has 0 radical (unpaired) electrons. The zero-order valence-electron chi connectivity index (χ0n) is 28.3. The van der Waals surface area contributed by atoms with Crippen molar-refractivity contribution in [1.82, 2.24) is 14.1 Å². The van der Waals surface area contributed by atoms with Gasteiger partial charge >= 0.3 is 0 Å². The molecule has 246 valence electrons. The maximum Gasteiger partial charge on any atom is 0.104 e. The number of benzene rings is 6. The molecule has 0 saturated heterocycles. The molecule has 9 rings (SSSR count). The molecule has 54 heavy (non-hydrogen) atoms. The zero-order chi connectivity index (χ0) is 36.9. The van der Waals surface area contributed by atoms with E-state index < -0.39 is 0 Å². The first-order chi connectivity index (χ1) is 26.5. The Morgan fingerprint density at radius 2 is 0.833 bits per heavy atom. The van der Waals surface area contributed by atoms with Gasteiger partial charge in [-0.05, 0) is 96.6 Å². The quantitative estimate of drug-likeness (QED) is 0.180. The minimum atomic E-state index is 0.365. The fraction of sp³-hybridized carbons (Fsp3) is 0. The molecule has 0 aliphatic heterocycles. The van der Waals surface area contributed by atoms with Gasteiger partial charge < -0.3 is 9.13 Å². The van der Waals surface area contributed by atoms with Crippen molar-refractivity contribution in [2.24, 2.45) is 0 Å². The molecule has 8 nitrogen and oxygen atoms in total. The van der Waals surface area contributed by atoms with Crippen LogP contribution in [-0.4, -0.2) is 14.1 Å². The Kier molecular flexibility index (Phi) is 7.22. The average Bonchev–Trinajstić information content (AvgIpc) is 3.74. The van der Waals surface area contributed by atoms with E-state index in [9.17, 15) is 26.3 Å². The monoisotopic (exact) mass is 686 g/mol. The van der Waals surface area contributed by atoms with Crippen LogP contribution in [-0.2, 0) is 0 Å². The van der Waals surface area contributed by atoms with Gasteiger partial charge in [0.2, 0.25) is 0 Å². The van der Waals surface area contributed by atoms with Crippen LogP contribution in [0.3, 0.4) is 0 Å². The van der Waals surface area contributed by atoms with Crippen LogP contribution >= 0.6 is 0 Å². The van der Waals surface area contributed by atoms with Crippen LogP contribution in [0.15, 0.2) is 134 Å². The minimum Gasteiger partial charge on any atom is -0.308 e. The van der Waals surface area contributed by atoms with E-state index in [0.717, 1.165) is 66.0 Å². The van der Waals surface area contributed by atoms with Crippen LogP contribution in [0.1, 0.15) is 27.8 Å². The molecule has 0 spiro atoms. The average molecular weight is 687 g/mol. The van der Waals surface area contributed by atoms with Gasteiger partial charge in [-0.25, -0.2) is 0 Å². The van der Waals surface area contributed by atoms with Crippen molar-refractivity contribution in [2.75, 3.05) is 0 Å². The minimum absolute atomic E-state index is 0.365. The number of aromatic nitrogens is 3. The van der Waals surface area contributed by atoms with Crippen molar-refractivity contribution in [3.63, 3.8) is 0 Å². The standard InChI is InChI=1S/C46H22N8/c47-23-28-8-12-40-35(17-28)36-18-29(24-48)9-13-41(36)53(40)44-21-33(34-7-4-16-52-46(34)32-5-2-1-3-6-32)22-45(39(44)27-51)54-42-14-10-30(25-49)19-37(42)38-20-31(26-50)11-15-43(38)54/h1-22H. The Morgan fingerprint density at radius 1 is 0.407 bits per heavy atom. The third kappa shape index (κ3) is 4.76. The molecule has 3 heterocycles. The lowest BCUT2D eigenvalue weighted by atomic mass is 9.96. The number of hydrogen-bond donors (Lipinski definition) is 0. The fourth-order valence-corrected chi connectivity index (χ4v) is 7.54. The summed E-state index contributed by atoms with van der Waals surface area (Å²) in [5.41, 5.74) is 9.77. The Balaban J connectivity index is 1.47. The number of pyridine rings is 1. The SMILES string of the molecule is N#Cc1ccc2c(c1)c1cc(C#N)ccc1n2-c1cc(-c2cccnc2-c2ccccc2)cc(-n2c3ccc(C#N)cc3c3cc(C#N)ccc32)c1C#N. The van der Waals surface area contributed by atoms with Gasteiger partial charge in [0.25, 0.3) is 0 Å². The normalized spacial score (nSPS) is 10.9. The maximum atomic E-state index is 11.2. The second-order valence-electron chi connectivity index (χ2n) is 12.8. The van der Waals surface area contributed by atoms with E-state index in [1.165, 1.54) is 0 Å². The van der Waals surface area contributed by atoms with E-state index in [2.05, 4.69) is 30.3 Å². The third-order valence-corrected chi connectivity index (χ3v) is 9.90. The molecule has 0 N–H and O–H groups in total. The Morgan fingerprint density at radius 3 is 1.22 bits per heavy atom. The van der Waals surface area contributed by atoms with E-state index >= 15 is 0 Å². The first-order valence-corrected chi connectivity index (χ1v) is 16.9. The van der Waals surface area contributed by atoms with E-state index in [-0.39, 0.29) is 0 Å². The van der Waals surface area contributed by atoms with Gasteiger partial charge in [0.05, 0.1) is 85.7 Å². The number of hydrogen-bond acceptors (Lipinski definition) is 6. The summed E-state index contributed by atoms with van der Waals surface area (Å²) >= 11 is 0. The molecule has 3 aromatic heterocycles. The second-order valence-corrected chi connectivity index (χ2v) is 12.8. The van der Waals surface area contributed by atoms with Crippen LogP contribution in [0.4, 0.5) is 0 Å². The summed E-state index contributed by atoms with van der Waals surface area (Å²) in [6.45, 7) is 0. The third-order valence-electron chi connectivity index (χ3n) is 9.90. The summed E-state index contributed by atoms with van der Waals surface area (Å²) in [5.74, 6) is 0. The molecule has 9 aromatic rings. The van der Waals surface area contributed by atoms with Crippen LogP contribution in [0.25, 0.3) is 77.4 Å². The number of nitriles is 5. The van der Waals surface area contributed by atoms with Gasteiger partial charge in [0.15, 0.2) is 0 Å². The van der Waals surface area contributed by atoms with Gasteiger partial charge in [-0.15, -0.1) is 0 Å². The number of nitrogens with zero attached hydrogens (tertiary/aromatic N) is 8. The van der Waals surface area contributed by atoms with Gasteiger partial charge in [-0.2, -0.15) is 26.3 Å². The highest BCUT2D eigenvalue weighted by molar-refractivity contribution is 6.12. The molecule has 0 aliphatic carbocycles. The van der Waals surface area contributed by atoms with E-state index in [1.54, 1.807) is 30.5 Å². The Labute approximate surface area is 308 Å².